The lowest BCUT2D eigenvalue weighted by Gasteiger charge is -2.21. The molecule has 3 atom stereocenters. The van der Waals surface area contributed by atoms with E-state index in [4.69, 9.17) is 8.85 Å². The molecule has 0 saturated heterocycles. The summed E-state index contributed by atoms with van der Waals surface area (Å²) in [4.78, 5) is 11.5. The number of carbonyl (C=O) groups excluding carboxylic acids is 1. The van der Waals surface area contributed by atoms with Crippen LogP contribution in [-0.4, -0.2) is 12.1 Å². The molecule has 0 aliphatic heterocycles. The molecule has 0 N–H and O–H groups in total. The van der Waals surface area contributed by atoms with Gasteiger partial charge in [-0.1, -0.05) is 6.58 Å². The molecular formula is C11H16O2. The SMILES string of the molecule is [2H]C([2H])([2H])C(=C)C(=O)OC1CC2CCC1C2. The maximum Gasteiger partial charge on any atom is 0.333 e. The number of esters is 1. The summed E-state index contributed by atoms with van der Waals surface area (Å²) in [5, 5.41) is 0. The summed E-state index contributed by atoms with van der Waals surface area (Å²) in [5.74, 6) is 0.361. The number of fused-ring (bicyclic) bond motifs is 2. The topological polar surface area (TPSA) is 26.3 Å². The molecule has 13 heavy (non-hydrogen) atoms. The van der Waals surface area contributed by atoms with Crippen molar-refractivity contribution in [3.63, 3.8) is 0 Å². The van der Waals surface area contributed by atoms with Gasteiger partial charge < -0.3 is 4.74 Å². The second-order valence-electron chi connectivity index (χ2n) is 4.10. The second kappa shape index (κ2) is 3.17. The van der Waals surface area contributed by atoms with Crippen molar-refractivity contribution < 1.29 is 13.6 Å². The zero-order valence-electron chi connectivity index (χ0n) is 10.6. The minimum atomic E-state index is -2.44. The first-order chi connectivity index (χ1) is 7.38. The first kappa shape index (κ1) is 5.84. The van der Waals surface area contributed by atoms with Gasteiger partial charge in [-0.05, 0) is 44.4 Å². The van der Waals surface area contributed by atoms with Crippen LogP contribution in [0.25, 0.3) is 0 Å². The van der Waals surface area contributed by atoms with Crippen molar-refractivity contribution in [2.24, 2.45) is 11.8 Å². The third-order valence-electron chi connectivity index (χ3n) is 3.18. The molecule has 2 bridgehead atoms. The molecule has 2 nitrogen and oxygen atoms in total. The molecular weight excluding hydrogens is 164 g/mol. The van der Waals surface area contributed by atoms with E-state index in [0.29, 0.717) is 11.8 Å². The predicted molar refractivity (Wildman–Crippen MR) is 50.1 cm³/mol. The molecule has 72 valence electrons. The summed E-state index contributed by atoms with van der Waals surface area (Å²) >= 11 is 0. The number of carbonyl (C=O) groups is 1. The van der Waals surface area contributed by atoms with Crippen LogP contribution in [0.15, 0.2) is 12.2 Å². The van der Waals surface area contributed by atoms with Crippen molar-refractivity contribution >= 4 is 5.97 Å². The van der Waals surface area contributed by atoms with E-state index in [0.717, 1.165) is 19.3 Å². The number of rotatable bonds is 2. The standard InChI is InChI=1S/C11H16O2/c1-7(2)11(12)13-10-6-8-3-4-9(10)5-8/h8-10H,1,3-6H2,2H3/i2D3. The van der Waals surface area contributed by atoms with E-state index < -0.39 is 18.4 Å². The Morgan fingerprint density at radius 2 is 2.38 bits per heavy atom. The highest BCUT2D eigenvalue weighted by Crippen LogP contribution is 2.45. The summed E-state index contributed by atoms with van der Waals surface area (Å²) < 4.78 is 26.5. The second-order valence-corrected chi connectivity index (χ2v) is 4.10. The lowest BCUT2D eigenvalue weighted by Crippen LogP contribution is -2.24. The van der Waals surface area contributed by atoms with Gasteiger partial charge in [-0.15, -0.1) is 0 Å². The van der Waals surface area contributed by atoms with Crippen molar-refractivity contribution in [1.29, 1.82) is 0 Å². The quantitative estimate of drug-likeness (QED) is 0.485. The molecule has 2 saturated carbocycles. The van der Waals surface area contributed by atoms with E-state index >= 15 is 0 Å². The van der Waals surface area contributed by atoms with Gasteiger partial charge in [-0.2, -0.15) is 0 Å². The Labute approximate surface area is 83.2 Å². The van der Waals surface area contributed by atoms with Crippen molar-refractivity contribution in [3.05, 3.63) is 12.2 Å². The van der Waals surface area contributed by atoms with Crippen LogP contribution < -0.4 is 0 Å². The highest BCUT2D eigenvalue weighted by Gasteiger charge is 2.41. The van der Waals surface area contributed by atoms with Crippen LogP contribution in [0.3, 0.4) is 0 Å². The van der Waals surface area contributed by atoms with Gasteiger partial charge in [0.25, 0.3) is 0 Å². The lowest BCUT2D eigenvalue weighted by atomic mass is 9.98. The summed E-state index contributed by atoms with van der Waals surface area (Å²) in [6.07, 6.45) is 4.26. The summed E-state index contributed by atoms with van der Waals surface area (Å²) in [6, 6.07) is 0. The maximum absolute atomic E-state index is 11.5. The molecule has 2 aliphatic carbocycles. The monoisotopic (exact) mass is 183 g/mol. The van der Waals surface area contributed by atoms with Gasteiger partial charge in [-0.3, -0.25) is 0 Å². The van der Waals surface area contributed by atoms with E-state index in [1.807, 2.05) is 0 Å². The zero-order valence-corrected chi connectivity index (χ0v) is 7.58. The summed E-state index contributed by atoms with van der Waals surface area (Å²) in [5.41, 5.74) is -0.407. The largest absolute Gasteiger partial charge is 0.459 e. The average Bonchev–Trinajstić information content (AvgIpc) is 2.76. The van der Waals surface area contributed by atoms with E-state index in [1.54, 1.807) is 0 Å². The zero-order chi connectivity index (χ0) is 11.9. The predicted octanol–water partition coefficient (Wildman–Crippen LogP) is 2.29. The van der Waals surface area contributed by atoms with Crippen LogP contribution in [0.2, 0.25) is 0 Å². The van der Waals surface area contributed by atoms with E-state index in [1.165, 1.54) is 6.42 Å². The molecule has 0 radical (unpaired) electrons. The van der Waals surface area contributed by atoms with Crippen molar-refractivity contribution in [2.75, 3.05) is 0 Å². The molecule has 0 amide bonds. The molecule has 0 aromatic heterocycles. The van der Waals surface area contributed by atoms with Crippen molar-refractivity contribution in [2.45, 2.75) is 38.6 Å². The van der Waals surface area contributed by atoms with E-state index in [-0.39, 0.29) is 6.10 Å². The Morgan fingerprint density at radius 1 is 1.54 bits per heavy atom. The third kappa shape index (κ3) is 1.62. The Bertz CT molecular complexity index is 322. The van der Waals surface area contributed by atoms with Gasteiger partial charge in [0.2, 0.25) is 0 Å². The molecule has 0 aromatic carbocycles. The minimum absolute atomic E-state index is 0.0784. The molecule has 0 spiro atoms. The fourth-order valence-corrected chi connectivity index (χ4v) is 2.54. The first-order valence-corrected chi connectivity index (χ1v) is 4.78. The number of hydrogen-bond acceptors (Lipinski definition) is 2. The lowest BCUT2D eigenvalue weighted by molar-refractivity contribution is -0.146. The first-order valence-electron chi connectivity index (χ1n) is 6.28. The normalized spacial score (nSPS) is 40.6. The van der Waals surface area contributed by atoms with Crippen LogP contribution in [0.5, 0.6) is 0 Å². The van der Waals surface area contributed by atoms with Crippen molar-refractivity contribution in [1.82, 2.24) is 0 Å². The Kier molecular flexibility index (Phi) is 1.42. The fraction of sp³-hybridized carbons (Fsp3) is 0.727. The summed E-state index contributed by atoms with van der Waals surface area (Å²) in [6.45, 7) is 0.857. The van der Waals surface area contributed by atoms with Gasteiger partial charge in [0.1, 0.15) is 6.10 Å². The van der Waals surface area contributed by atoms with Gasteiger partial charge in [0.15, 0.2) is 0 Å². The molecule has 3 unspecified atom stereocenters. The van der Waals surface area contributed by atoms with Crippen LogP contribution in [0.1, 0.15) is 36.6 Å². The smallest absolute Gasteiger partial charge is 0.333 e. The van der Waals surface area contributed by atoms with Gasteiger partial charge >= 0.3 is 5.97 Å². The highest BCUT2D eigenvalue weighted by atomic mass is 16.5. The maximum atomic E-state index is 11.5. The van der Waals surface area contributed by atoms with Gasteiger partial charge in [-0.25, -0.2) is 4.79 Å². The fourth-order valence-electron chi connectivity index (χ4n) is 2.54. The van der Waals surface area contributed by atoms with Crippen LogP contribution in [-0.2, 0) is 9.53 Å². The Morgan fingerprint density at radius 3 is 2.92 bits per heavy atom. The molecule has 0 heterocycles. The minimum Gasteiger partial charge on any atom is -0.459 e. The average molecular weight is 183 g/mol. The number of hydrogen-bond donors (Lipinski definition) is 0. The van der Waals surface area contributed by atoms with Crippen molar-refractivity contribution in [3.8, 4) is 0 Å². The van der Waals surface area contributed by atoms with Crippen LogP contribution >= 0.6 is 0 Å². The molecule has 2 rings (SSSR count). The van der Waals surface area contributed by atoms with E-state index in [2.05, 4.69) is 6.58 Å². The third-order valence-corrected chi connectivity index (χ3v) is 3.18. The number of ether oxygens (including phenoxy) is 1. The Balaban J connectivity index is 1.91. The Hall–Kier alpha value is -0.790. The van der Waals surface area contributed by atoms with Crippen LogP contribution in [0, 0.1) is 11.8 Å². The highest BCUT2D eigenvalue weighted by molar-refractivity contribution is 5.87. The van der Waals surface area contributed by atoms with Gasteiger partial charge in [0.05, 0.1) is 0 Å². The molecule has 2 fully saturated rings. The van der Waals surface area contributed by atoms with E-state index in [9.17, 15) is 4.79 Å². The molecule has 0 aromatic rings. The molecule has 2 aliphatic rings. The van der Waals surface area contributed by atoms with Gasteiger partial charge in [0, 0.05) is 9.69 Å². The molecule has 2 heteroatoms. The van der Waals surface area contributed by atoms with Crippen LogP contribution in [0.4, 0.5) is 0 Å². The summed E-state index contributed by atoms with van der Waals surface area (Å²) in [7, 11) is 0.